The van der Waals surface area contributed by atoms with E-state index in [0.717, 1.165) is 11.3 Å². The Morgan fingerprint density at radius 1 is 0.964 bits per heavy atom. The summed E-state index contributed by atoms with van der Waals surface area (Å²) in [5.41, 5.74) is 2.49. The standard InChI is InChI=1S/C22H24FN3O2/c1-16-6-2-4-8-19(16)26-15-17(14-21(26)27)22(28)25-12-10-24(11-13-25)20-9-5-3-7-18(20)23/h2-9,17H,10-15H2,1H3. The van der Waals surface area contributed by atoms with Crippen LogP contribution in [0.4, 0.5) is 15.8 Å². The maximum atomic E-state index is 14.0. The number of hydrogen-bond donors (Lipinski definition) is 0. The lowest BCUT2D eigenvalue weighted by Crippen LogP contribution is -2.51. The molecule has 1 unspecified atom stereocenters. The number of benzene rings is 2. The van der Waals surface area contributed by atoms with Crippen LogP contribution in [-0.4, -0.2) is 49.4 Å². The van der Waals surface area contributed by atoms with Crippen molar-refractivity contribution in [2.24, 2.45) is 5.92 Å². The summed E-state index contributed by atoms with van der Waals surface area (Å²) in [6.45, 7) is 4.67. The van der Waals surface area contributed by atoms with Gasteiger partial charge in [-0.2, -0.15) is 0 Å². The zero-order valence-electron chi connectivity index (χ0n) is 16.0. The highest BCUT2D eigenvalue weighted by molar-refractivity contribution is 6.00. The summed E-state index contributed by atoms with van der Waals surface area (Å²) >= 11 is 0. The SMILES string of the molecule is Cc1ccccc1N1CC(C(=O)N2CCN(c3ccccc3F)CC2)CC1=O. The van der Waals surface area contributed by atoms with Gasteiger partial charge < -0.3 is 14.7 Å². The van der Waals surface area contributed by atoms with Crippen LogP contribution in [0, 0.1) is 18.7 Å². The van der Waals surface area contributed by atoms with Crippen LogP contribution in [0.5, 0.6) is 0 Å². The van der Waals surface area contributed by atoms with Crippen LogP contribution in [0.25, 0.3) is 0 Å². The molecule has 0 saturated carbocycles. The fraction of sp³-hybridized carbons (Fsp3) is 0.364. The minimum atomic E-state index is -0.313. The number of anilines is 2. The summed E-state index contributed by atoms with van der Waals surface area (Å²) in [7, 11) is 0. The number of amides is 2. The van der Waals surface area contributed by atoms with Crippen molar-refractivity contribution in [2.45, 2.75) is 13.3 Å². The number of halogens is 1. The van der Waals surface area contributed by atoms with Crippen molar-refractivity contribution in [3.05, 3.63) is 59.9 Å². The third-order valence-corrected chi connectivity index (χ3v) is 5.67. The van der Waals surface area contributed by atoms with E-state index in [4.69, 9.17) is 0 Å². The number of rotatable bonds is 3. The fourth-order valence-corrected chi connectivity index (χ4v) is 4.11. The molecular weight excluding hydrogens is 357 g/mol. The number of aryl methyl sites for hydroxylation is 1. The summed E-state index contributed by atoms with van der Waals surface area (Å²) < 4.78 is 14.0. The molecule has 0 radical (unpaired) electrons. The predicted octanol–water partition coefficient (Wildman–Crippen LogP) is 2.84. The molecule has 6 heteroatoms. The van der Waals surface area contributed by atoms with Crippen molar-refractivity contribution in [3.8, 4) is 0 Å². The first-order valence-corrected chi connectivity index (χ1v) is 9.69. The molecule has 5 nitrogen and oxygen atoms in total. The third-order valence-electron chi connectivity index (χ3n) is 5.67. The monoisotopic (exact) mass is 381 g/mol. The smallest absolute Gasteiger partial charge is 0.228 e. The first-order chi connectivity index (χ1) is 13.5. The van der Waals surface area contributed by atoms with E-state index < -0.39 is 0 Å². The number of piperazine rings is 1. The summed E-state index contributed by atoms with van der Waals surface area (Å²) in [5.74, 6) is -0.528. The van der Waals surface area contributed by atoms with Gasteiger partial charge in [-0.1, -0.05) is 30.3 Å². The predicted molar refractivity (Wildman–Crippen MR) is 107 cm³/mol. The van der Waals surface area contributed by atoms with Crippen LogP contribution in [0.15, 0.2) is 48.5 Å². The van der Waals surface area contributed by atoms with Gasteiger partial charge in [0.05, 0.1) is 11.6 Å². The summed E-state index contributed by atoms with van der Waals surface area (Å²) in [4.78, 5) is 31.0. The van der Waals surface area contributed by atoms with Crippen molar-refractivity contribution in [1.29, 1.82) is 0 Å². The van der Waals surface area contributed by atoms with Gasteiger partial charge in [0, 0.05) is 44.8 Å². The molecule has 0 aromatic heterocycles. The molecule has 0 spiro atoms. The number of carbonyl (C=O) groups is 2. The van der Waals surface area contributed by atoms with Gasteiger partial charge in [0.2, 0.25) is 11.8 Å². The first kappa shape index (κ1) is 18.5. The molecule has 2 fully saturated rings. The molecule has 28 heavy (non-hydrogen) atoms. The Kier molecular flexibility index (Phi) is 5.03. The van der Waals surface area contributed by atoms with E-state index in [2.05, 4.69) is 0 Å². The maximum absolute atomic E-state index is 14.0. The van der Waals surface area contributed by atoms with Gasteiger partial charge in [-0.05, 0) is 30.7 Å². The largest absolute Gasteiger partial charge is 0.366 e. The van der Waals surface area contributed by atoms with Crippen LogP contribution in [0.2, 0.25) is 0 Å². The number of carbonyl (C=O) groups excluding carboxylic acids is 2. The molecule has 2 aliphatic heterocycles. The molecule has 2 aromatic rings. The van der Waals surface area contributed by atoms with Crippen LogP contribution >= 0.6 is 0 Å². The van der Waals surface area contributed by atoms with Gasteiger partial charge in [-0.15, -0.1) is 0 Å². The second kappa shape index (κ2) is 7.62. The van der Waals surface area contributed by atoms with Crippen molar-refractivity contribution < 1.29 is 14.0 Å². The molecule has 0 bridgehead atoms. The van der Waals surface area contributed by atoms with Gasteiger partial charge in [0.1, 0.15) is 5.82 Å². The maximum Gasteiger partial charge on any atom is 0.228 e. The number of para-hydroxylation sites is 2. The first-order valence-electron chi connectivity index (χ1n) is 9.69. The van der Waals surface area contributed by atoms with Gasteiger partial charge in [0.15, 0.2) is 0 Å². The van der Waals surface area contributed by atoms with Gasteiger partial charge in [0.25, 0.3) is 0 Å². The minimum absolute atomic E-state index is 0.00218. The second-order valence-corrected chi connectivity index (χ2v) is 7.46. The lowest BCUT2D eigenvalue weighted by Gasteiger charge is -2.37. The molecule has 146 valence electrons. The molecule has 4 rings (SSSR count). The van der Waals surface area contributed by atoms with E-state index in [1.165, 1.54) is 6.07 Å². The number of hydrogen-bond acceptors (Lipinski definition) is 3. The Hall–Kier alpha value is -2.89. The molecule has 0 N–H and O–H groups in total. The van der Waals surface area contributed by atoms with Crippen molar-refractivity contribution in [2.75, 3.05) is 42.5 Å². The molecule has 2 saturated heterocycles. The van der Waals surface area contributed by atoms with E-state index in [-0.39, 0.29) is 30.0 Å². The Bertz CT molecular complexity index is 893. The zero-order chi connectivity index (χ0) is 19.7. The molecule has 2 amide bonds. The minimum Gasteiger partial charge on any atom is -0.366 e. The van der Waals surface area contributed by atoms with Gasteiger partial charge in [-0.3, -0.25) is 9.59 Å². The van der Waals surface area contributed by atoms with Crippen LogP contribution in [0.1, 0.15) is 12.0 Å². The van der Waals surface area contributed by atoms with Crippen molar-refractivity contribution >= 4 is 23.2 Å². The Morgan fingerprint density at radius 3 is 2.29 bits per heavy atom. The molecule has 1 atom stereocenters. The quantitative estimate of drug-likeness (QED) is 0.821. The average Bonchev–Trinajstić information content (AvgIpc) is 3.10. The van der Waals surface area contributed by atoms with E-state index in [1.807, 2.05) is 47.1 Å². The lowest BCUT2D eigenvalue weighted by atomic mass is 10.1. The van der Waals surface area contributed by atoms with E-state index in [9.17, 15) is 14.0 Å². The third kappa shape index (κ3) is 3.46. The van der Waals surface area contributed by atoms with Gasteiger partial charge >= 0.3 is 0 Å². The Morgan fingerprint density at radius 2 is 1.61 bits per heavy atom. The van der Waals surface area contributed by atoms with Crippen LogP contribution < -0.4 is 9.80 Å². The average molecular weight is 381 g/mol. The van der Waals surface area contributed by atoms with Crippen LogP contribution in [-0.2, 0) is 9.59 Å². The topological polar surface area (TPSA) is 43.9 Å². The van der Waals surface area contributed by atoms with Crippen LogP contribution in [0.3, 0.4) is 0 Å². The van der Waals surface area contributed by atoms with E-state index in [1.54, 1.807) is 17.0 Å². The second-order valence-electron chi connectivity index (χ2n) is 7.46. The number of nitrogens with zero attached hydrogens (tertiary/aromatic N) is 3. The fourth-order valence-electron chi connectivity index (χ4n) is 4.11. The molecule has 2 heterocycles. The summed E-state index contributed by atoms with van der Waals surface area (Å²) in [6, 6.07) is 14.5. The zero-order valence-corrected chi connectivity index (χ0v) is 16.0. The molecule has 0 aliphatic carbocycles. The van der Waals surface area contributed by atoms with E-state index >= 15 is 0 Å². The molecule has 2 aromatic carbocycles. The van der Waals surface area contributed by atoms with Crippen molar-refractivity contribution in [1.82, 2.24) is 4.90 Å². The Labute approximate surface area is 164 Å². The summed E-state index contributed by atoms with van der Waals surface area (Å²) in [5, 5.41) is 0. The lowest BCUT2D eigenvalue weighted by molar-refractivity contribution is -0.136. The van der Waals surface area contributed by atoms with Gasteiger partial charge in [-0.25, -0.2) is 4.39 Å². The molecular formula is C22H24FN3O2. The highest BCUT2D eigenvalue weighted by Crippen LogP contribution is 2.29. The normalized spacial score (nSPS) is 20.0. The highest BCUT2D eigenvalue weighted by atomic mass is 19.1. The van der Waals surface area contributed by atoms with E-state index in [0.29, 0.717) is 38.4 Å². The molecule has 2 aliphatic rings. The Balaban J connectivity index is 1.39. The summed E-state index contributed by atoms with van der Waals surface area (Å²) in [6.07, 6.45) is 0.251. The van der Waals surface area contributed by atoms with Crippen molar-refractivity contribution in [3.63, 3.8) is 0 Å². The highest BCUT2D eigenvalue weighted by Gasteiger charge is 2.38.